The van der Waals surface area contributed by atoms with Crippen LogP contribution in [0.2, 0.25) is 0 Å². The summed E-state index contributed by atoms with van der Waals surface area (Å²) in [6.07, 6.45) is 2.72. The zero-order valence-corrected chi connectivity index (χ0v) is 13.1. The first kappa shape index (κ1) is 15.5. The molecule has 0 aliphatic carbocycles. The van der Waals surface area contributed by atoms with Gasteiger partial charge in [0.05, 0.1) is 12.1 Å². The molecule has 1 aromatic carbocycles. The van der Waals surface area contributed by atoms with Gasteiger partial charge in [-0.1, -0.05) is 28.1 Å². The van der Waals surface area contributed by atoms with E-state index in [1.165, 1.54) is 0 Å². The van der Waals surface area contributed by atoms with Crippen molar-refractivity contribution in [2.75, 3.05) is 12.0 Å². The zero-order valence-electron chi connectivity index (χ0n) is 10.7. The third-order valence-electron chi connectivity index (χ3n) is 2.70. The molecule has 1 aromatic rings. The van der Waals surface area contributed by atoms with Crippen molar-refractivity contribution in [3.63, 3.8) is 0 Å². The SMILES string of the molecule is CSCC[C@@H](N)C(=O)N[C@@H](C)c1ccc(Br)cc1. The van der Waals surface area contributed by atoms with Crippen molar-refractivity contribution < 1.29 is 4.79 Å². The van der Waals surface area contributed by atoms with E-state index in [-0.39, 0.29) is 11.9 Å². The second-order valence-electron chi connectivity index (χ2n) is 4.17. The average Bonchev–Trinajstić information content (AvgIpc) is 2.36. The molecular formula is C13H19BrN2OS. The summed E-state index contributed by atoms with van der Waals surface area (Å²) in [4.78, 5) is 11.8. The molecule has 0 aromatic heterocycles. The average molecular weight is 331 g/mol. The fourth-order valence-electron chi connectivity index (χ4n) is 1.53. The maximum absolute atomic E-state index is 11.8. The van der Waals surface area contributed by atoms with E-state index in [4.69, 9.17) is 5.73 Å². The van der Waals surface area contributed by atoms with Gasteiger partial charge in [-0.3, -0.25) is 4.79 Å². The van der Waals surface area contributed by atoms with Crippen molar-refractivity contribution in [1.29, 1.82) is 0 Å². The maximum atomic E-state index is 11.8. The molecule has 5 heteroatoms. The van der Waals surface area contributed by atoms with E-state index in [2.05, 4.69) is 21.2 Å². The van der Waals surface area contributed by atoms with Gasteiger partial charge in [-0.05, 0) is 43.0 Å². The second kappa shape index (κ2) is 7.81. The number of hydrogen-bond acceptors (Lipinski definition) is 3. The van der Waals surface area contributed by atoms with E-state index >= 15 is 0 Å². The van der Waals surface area contributed by atoms with Crippen LogP contribution in [-0.2, 0) is 4.79 Å². The molecule has 0 unspecified atom stereocenters. The van der Waals surface area contributed by atoms with Gasteiger partial charge >= 0.3 is 0 Å². The first-order valence-corrected chi connectivity index (χ1v) is 8.03. The van der Waals surface area contributed by atoms with Gasteiger partial charge < -0.3 is 11.1 Å². The van der Waals surface area contributed by atoms with Gasteiger partial charge in [-0.25, -0.2) is 0 Å². The number of carbonyl (C=O) groups excluding carboxylic acids is 1. The molecule has 0 fully saturated rings. The predicted octanol–water partition coefficient (Wildman–Crippen LogP) is 2.71. The molecule has 3 N–H and O–H groups in total. The number of halogens is 1. The van der Waals surface area contributed by atoms with Gasteiger partial charge in [-0.15, -0.1) is 0 Å². The van der Waals surface area contributed by atoms with Crippen LogP contribution in [0.1, 0.15) is 24.9 Å². The van der Waals surface area contributed by atoms with E-state index in [1.807, 2.05) is 37.4 Å². The first-order chi connectivity index (χ1) is 8.54. The number of amides is 1. The Bertz CT molecular complexity index is 383. The second-order valence-corrected chi connectivity index (χ2v) is 6.07. The van der Waals surface area contributed by atoms with Crippen LogP contribution in [0.25, 0.3) is 0 Å². The highest BCUT2D eigenvalue weighted by molar-refractivity contribution is 9.10. The molecule has 0 saturated heterocycles. The van der Waals surface area contributed by atoms with E-state index < -0.39 is 6.04 Å². The summed E-state index contributed by atoms with van der Waals surface area (Å²) in [5.41, 5.74) is 6.89. The molecule has 0 saturated carbocycles. The standard InChI is InChI=1S/C13H19BrN2OS/c1-9(10-3-5-11(14)6-4-10)16-13(17)12(15)7-8-18-2/h3-6,9,12H,7-8,15H2,1-2H3,(H,16,17)/t9-,12+/m0/s1. The maximum Gasteiger partial charge on any atom is 0.237 e. The normalized spacial score (nSPS) is 14.0. The van der Waals surface area contributed by atoms with E-state index in [0.29, 0.717) is 6.42 Å². The first-order valence-electron chi connectivity index (χ1n) is 5.85. The lowest BCUT2D eigenvalue weighted by Gasteiger charge is -2.17. The number of hydrogen-bond donors (Lipinski definition) is 2. The number of benzene rings is 1. The summed E-state index contributed by atoms with van der Waals surface area (Å²) in [5.74, 6) is 0.820. The number of carbonyl (C=O) groups is 1. The Morgan fingerprint density at radius 1 is 1.44 bits per heavy atom. The Morgan fingerprint density at radius 2 is 2.06 bits per heavy atom. The number of thioether (sulfide) groups is 1. The quantitative estimate of drug-likeness (QED) is 0.843. The highest BCUT2D eigenvalue weighted by Crippen LogP contribution is 2.16. The minimum Gasteiger partial charge on any atom is -0.348 e. The summed E-state index contributed by atoms with van der Waals surface area (Å²) in [5, 5.41) is 2.94. The summed E-state index contributed by atoms with van der Waals surface area (Å²) < 4.78 is 1.03. The minimum absolute atomic E-state index is 0.0223. The molecule has 3 nitrogen and oxygen atoms in total. The van der Waals surface area contributed by atoms with Crippen molar-refractivity contribution in [2.45, 2.75) is 25.4 Å². The van der Waals surface area contributed by atoms with Gasteiger partial charge in [-0.2, -0.15) is 11.8 Å². The van der Waals surface area contributed by atoms with Crippen molar-refractivity contribution in [1.82, 2.24) is 5.32 Å². The summed E-state index contributed by atoms with van der Waals surface area (Å²) in [6.45, 7) is 1.96. The minimum atomic E-state index is -0.421. The molecular weight excluding hydrogens is 312 g/mol. The number of nitrogens with one attached hydrogen (secondary N) is 1. The molecule has 0 heterocycles. The molecule has 18 heavy (non-hydrogen) atoms. The number of nitrogens with two attached hydrogens (primary N) is 1. The fourth-order valence-corrected chi connectivity index (χ4v) is 2.29. The van der Waals surface area contributed by atoms with Crippen LogP contribution in [-0.4, -0.2) is 24.0 Å². The molecule has 2 atom stereocenters. The summed E-state index contributed by atoms with van der Waals surface area (Å²) in [6, 6.07) is 7.46. The molecule has 1 rings (SSSR count). The zero-order chi connectivity index (χ0) is 13.5. The third kappa shape index (κ3) is 5.00. The van der Waals surface area contributed by atoms with Gasteiger partial charge in [0.2, 0.25) is 5.91 Å². The molecule has 0 aliphatic rings. The molecule has 100 valence electrons. The van der Waals surface area contributed by atoms with Crippen LogP contribution >= 0.6 is 27.7 Å². The smallest absolute Gasteiger partial charge is 0.237 e. The van der Waals surface area contributed by atoms with Crippen molar-refractivity contribution >= 4 is 33.6 Å². The van der Waals surface area contributed by atoms with Crippen LogP contribution in [0, 0.1) is 0 Å². The van der Waals surface area contributed by atoms with Gasteiger partial charge in [0.1, 0.15) is 0 Å². The Labute approximate surface area is 121 Å². The topological polar surface area (TPSA) is 55.1 Å². The highest BCUT2D eigenvalue weighted by atomic mass is 79.9. The Kier molecular flexibility index (Phi) is 6.75. The van der Waals surface area contributed by atoms with E-state index in [0.717, 1.165) is 15.8 Å². The van der Waals surface area contributed by atoms with Crippen LogP contribution in [0.4, 0.5) is 0 Å². The molecule has 1 amide bonds. The van der Waals surface area contributed by atoms with Gasteiger partial charge in [0, 0.05) is 4.47 Å². The van der Waals surface area contributed by atoms with Crippen molar-refractivity contribution in [3.05, 3.63) is 34.3 Å². The molecule has 0 radical (unpaired) electrons. The Balaban J connectivity index is 2.51. The van der Waals surface area contributed by atoms with E-state index in [1.54, 1.807) is 11.8 Å². The van der Waals surface area contributed by atoms with Gasteiger partial charge in [0.15, 0.2) is 0 Å². The number of rotatable bonds is 6. The van der Waals surface area contributed by atoms with Crippen LogP contribution < -0.4 is 11.1 Å². The lowest BCUT2D eigenvalue weighted by Crippen LogP contribution is -2.41. The van der Waals surface area contributed by atoms with Gasteiger partial charge in [0.25, 0.3) is 0 Å². The van der Waals surface area contributed by atoms with Crippen LogP contribution in [0.5, 0.6) is 0 Å². The van der Waals surface area contributed by atoms with Crippen molar-refractivity contribution in [2.24, 2.45) is 5.73 Å². The van der Waals surface area contributed by atoms with E-state index in [9.17, 15) is 4.79 Å². The Morgan fingerprint density at radius 3 is 2.61 bits per heavy atom. The Hall–Kier alpha value is -0.520. The highest BCUT2D eigenvalue weighted by Gasteiger charge is 2.15. The fraction of sp³-hybridized carbons (Fsp3) is 0.462. The predicted molar refractivity (Wildman–Crippen MR) is 81.7 cm³/mol. The summed E-state index contributed by atoms with van der Waals surface area (Å²) in [7, 11) is 0. The third-order valence-corrected chi connectivity index (χ3v) is 3.87. The molecule has 0 aliphatic heterocycles. The lowest BCUT2D eigenvalue weighted by atomic mass is 10.1. The summed E-state index contributed by atoms with van der Waals surface area (Å²) >= 11 is 5.09. The monoisotopic (exact) mass is 330 g/mol. The molecule has 0 spiro atoms. The lowest BCUT2D eigenvalue weighted by molar-refractivity contribution is -0.123. The molecule has 0 bridgehead atoms. The van der Waals surface area contributed by atoms with Crippen LogP contribution in [0.3, 0.4) is 0 Å². The largest absolute Gasteiger partial charge is 0.348 e. The van der Waals surface area contributed by atoms with Crippen molar-refractivity contribution in [3.8, 4) is 0 Å². The van der Waals surface area contributed by atoms with Crippen LogP contribution in [0.15, 0.2) is 28.7 Å².